The number of hydrogen-bond acceptors (Lipinski definition) is 3. The van der Waals surface area contributed by atoms with Gasteiger partial charge in [-0.25, -0.2) is 8.78 Å². The molecule has 1 heterocycles. The van der Waals surface area contributed by atoms with Gasteiger partial charge in [0.15, 0.2) is 0 Å². The quantitative estimate of drug-likeness (QED) is 0.461. The van der Waals surface area contributed by atoms with E-state index in [-0.39, 0.29) is 23.6 Å². The molecule has 1 rings (SSSR count). The van der Waals surface area contributed by atoms with Crippen molar-refractivity contribution < 1.29 is 18.3 Å². The van der Waals surface area contributed by atoms with E-state index in [2.05, 4.69) is 9.72 Å². The number of rotatable bonds is 4. The lowest BCUT2D eigenvalue weighted by atomic mass is 10.1. The van der Waals surface area contributed by atoms with Crippen LogP contribution in [0.5, 0.6) is 0 Å². The number of halogens is 4. The van der Waals surface area contributed by atoms with Crippen LogP contribution in [-0.4, -0.2) is 18.1 Å². The third-order valence-corrected chi connectivity index (χ3v) is 3.20. The molecule has 0 aliphatic heterocycles. The van der Waals surface area contributed by atoms with Crippen LogP contribution in [0, 0.1) is 3.57 Å². The fourth-order valence-electron chi connectivity index (χ4n) is 1.27. The number of nitrogens with zero attached hydrogens (tertiary/aromatic N) is 1. The maximum Gasteiger partial charge on any atom is 0.311 e. The van der Waals surface area contributed by atoms with Crippen LogP contribution in [0.1, 0.15) is 23.4 Å². The van der Waals surface area contributed by atoms with Crippen LogP contribution in [0.2, 0.25) is 0 Å². The second kappa shape index (κ2) is 6.44. The lowest BCUT2D eigenvalue weighted by Crippen LogP contribution is -2.11. The van der Waals surface area contributed by atoms with Gasteiger partial charge < -0.3 is 4.74 Å². The zero-order valence-corrected chi connectivity index (χ0v) is 11.8. The molecular weight excluding hydrogens is 366 g/mol. The highest BCUT2D eigenvalue weighted by Gasteiger charge is 2.21. The van der Waals surface area contributed by atoms with Crippen molar-refractivity contribution in [3.05, 3.63) is 26.6 Å². The van der Waals surface area contributed by atoms with Gasteiger partial charge in [0.1, 0.15) is 0 Å². The van der Waals surface area contributed by atoms with Gasteiger partial charge in [-0.15, -0.1) is 11.6 Å². The number of aromatic nitrogens is 1. The Hall–Kier alpha value is -0.500. The Morgan fingerprint density at radius 1 is 1.65 bits per heavy atom. The molecule has 94 valence electrons. The summed E-state index contributed by atoms with van der Waals surface area (Å²) in [6.45, 7) is 0. The van der Waals surface area contributed by atoms with Gasteiger partial charge in [-0.3, -0.25) is 9.78 Å². The van der Waals surface area contributed by atoms with E-state index in [4.69, 9.17) is 11.6 Å². The molecule has 0 spiro atoms. The molecule has 7 heteroatoms. The van der Waals surface area contributed by atoms with E-state index in [9.17, 15) is 13.6 Å². The van der Waals surface area contributed by atoms with Crippen molar-refractivity contribution in [3.63, 3.8) is 0 Å². The van der Waals surface area contributed by atoms with Crippen LogP contribution in [0.25, 0.3) is 0 Å². The van der Waals surface area contributed by atoms with Crippen molar-refractivity contribution in [2.45, 2.75) is 18.7 Å². The predicted octanol–water partition coefficient (Wildman–Crippen LogP) is 3.08. The zero-order valence-electron chi connectivity index (χ0n) is 8.84. The highest BCUT2D eigenvalue weighted by Crippen LogP contribution is 2.28. The summed E-state index contributed by atoms with van der Waals surface area (Å²) < 4.78 is 30.5. The molecule has 17 heavy (non-hydrogen) atoms. The van der Waals surface area contributed by atoms with Gasteiger partial charge in [0.05, 0.1) is 36.4 Å². The van der Waals surface area contributed by atoms with E-state index in [0.717, 1.165) is 0 Å². The number of ether oxygens (including phenoxy) is 1. The molecule has 0 unspecified atom stereocenters. The maximum absolute atomic E-state index is 12.8. The van der Waals surface area contributed by atoms with Crippen LogP contribution in [0.15, 0.2) is 6.07 Å². The van der Waals surface area contributed by atoms with Crippen LogP contribution in [0.3, 0.4) is 0 Å². The summed E-state index contributed by atoms with van der Waals surface area (Å²) in [5.74, 6) is -0.504. The number of carbonyl (C=O) groups is 1. The van der Waals surface area contributed by atoms with Gasteiger partial charge in [0.25, 0.3) is 6.43 Å². The maximum atomic E-state index is 12.8. The van der Waals surface area contributed by atoms with Gasteiger partial charge in [0, 0.05) is 3.57 Å². The van der Waals surface area contributed by atoms with Crippen molar-refractivity contribution >= 4 is 40.2 Å². The van der Waals surface area contributed by atoms with Gasteiger partial charge >= 0.3 is 5.97 Å². The second-order valence-corrected chi connectivity index (χ2v) is 4.57. The molecular formula is C10H9ClF2INO2. The van der Waals surface area contributed by atoms with E-state index in [1.54, 1.807) is 22.6 Å². The first-order valence-electron chi connectivity index (χ1n) is 4.58. The van der Waals surface area contributed by atoms with E-state index < -0.39 is 12.4 Å². The summed E-state index contributed by atoms with van der Waals surface area (Å²) in [5, 5.41) is 0. The average Bonchev–Trinajstić information content (AvgIpc) is 2.27. The van der Waals surface area contributed by atoms with E-state index in [0.29, 0.717) is 9.26 Å². The number of alkyl halides is 3. The van der Waals surface area contributed by atoms with Gasteiger partial charge in [-0.1, -0.05) is 0 Å². The Balaban J connectivity index is 3.22. The molecule has 0 radical (unpaired) electrons. The summed E-state index contributed by atoms with van der Waals surface area (Å²) in [6.07, 6.45) is -2.96. The molecule has 0 fully saturated rings. The molecule has 0 amide bonds. The third kappa shape index (κ3) is 3.74. The van der Waals surface area contributed by atoms with Gasteiger partial charge in [-0.05, 0) is 28.7 Å². The minimum Gasteiger partial charge on any atom is -0.469 e. The smallest absolute Gasteiger partial charge is 0.311 e. The number of pyridine rings is 1. The fourth-order valence-corrected chi connectivity index (χ4v) is 2.31. The highest BCUT2D eigenvalue weighted by molar-refractivity contribution is 14.1. The summed E-state index contributed by atoms with van der Waals surface area (Å²) >= 11 is 7.38. The topological polar surface area (TPSA) is 39.2 Å². The SMILES string of the molecule is COC(=O)Cc1nc(CCl)cc(I)c1C(F)F. The van der Waals surface area contributed by atoms with Crippen molar-refractivity contribution in [2.75, 3.05) is 7.11 Å². The largest absolute Gasteiger partial charge is 0.469 e. The molecule has 1 aromatic rings. The van der Waals surface area contributed by atoms with Crippen LogP contribution in [0.4, 0.5) is 8.78 Å². The zero-order chi connectivity index (χ0) is 13.0. The van der Waals surface area contributed by atoms with Crippen molar-refractivity contribution in [3.8, 4) is 0 Å². The molecule has 0 aliphatic rings. The van der Waals surface area contributed by atoms with Crippen LogP contribution in [-0.2, 0) is 21.8 Å². The number of carbonyl (C=O) groups excluding carboxylic acids is 1. The molecule has 0 saturated heterocycles. The lowest BCUT2D eigenvalue weighted by Gasteiger charge is -2.11. The van der Waals surface area contributed by atoms with Crippen molar-refractivity contribution in [2.24, 2.45) is 0 Å². The summed E-state index contributed by atoms with van der Waals surface area (Å²) in [6, 6.07) is 1.48. The Kier molecular flexibility index (Phi) is 5.51. The third-order valence-electron chi connectivity index (χ3n) is 2.03. The second-order valence-electron chi connectivity index (χ2n) is 3.14. The first kappa shape index (κ1) is 14.6. The monoisotopic (exact) mass is 375 g/mol. The number of hydrogen-bond donors (Lipinski definition) is 0. The van der Waals surface area contributed by atoms with E-state index in [1.807, 2.05) is 0 Å². The molecule has 0 aliphatic carbocycles. The summed E-state index contributed by atoms with van der Waals surface area (Å²) in [4.78, 5) is 15.1. The molecule has 0 atom stereocenters. The molecule has 0 bridgehead atoms. The van der Waals surface area contributed by atoms with Crippen molar-refractivity contribution in [1.82, 2.24) is 4.98 Å². The van der Waals surface area contributed by atoms with E-state index >= 15 is 0 Å². The van der Waals surface area contributed by atoms with Crippen molar-refractivity contribution in [1.29, 1.82) is 0 Å². The Morgan fingerprint density at radius 2 is 2.29 bits per heavy atom. The molecule has 0 N–H and O–H groups in total. The van der Waals surface area contributed by atoms with E-state index in [1.165, 1.54) is 13.2 Å². The minimum atomic E-state index is -2.68. The number of methoxy groups -OCH3 is 1. The predicted molar refractivity (Wildman–Crippen MR) is 67.2 cm³/mol. The Labute approximate surface area is 116 Å². The molecule has 0 saturated carbocycles. The normalized spacial score (nSPS) is 10.7. The van der Waals surface area contributed by atoms with Crippen LogP contribution >= 0.6 is 34.2 Å². The standard InChI is InChI=1S/C10H9ClF2INO2/c1-17-8(16)3-7-9(10(12)13)6(14)2-5(4-11)15-7/h2,10H,3-4H2,1H3. The Bertz CT molecular complexity index is 429. The summed E-state index contributed by atoms with van der Waals surface area (Å²) in [5.41, 5.74) is 0.249. The highest BCUT2D eigenvalue weighted by atomic mass is 127. The molecule has 0 aromatic carbocycles. The number of esters is 1. The van der Waals surface area contributed by atoms with Gasteiger partial charge in [-0.2, -0.15) is 0 Å². The summed E-state index contributed by atoms with van der Waals surface area (Å²) in [7, 11) is 1.20. The fraction of sp³-hybridized carbons (Fsp3) is 0.400. The minimum absolute atomic E-state index is 0.0226. The first-order valence-corrected chi connectivity index (χ1v) is 6.20. The molecule has 1 aromatic heterocycles. The van der Waals surface area contributed by atoms with Gasteiger partial charge in [0.2, 0.25) is 0 Å². The lowest BCUT2D eigenvalue weighted by molar-refractivity contribution is -0.139. The average molecular weight is 376 g/mol. The van der Waals surface area contributed by atoms with Crippen LogP contribution < -0.4 is 0 Å². The first-order chi connectivity index (χ1) is 7.99. The Morgan fingerprint density at radius 3 is 2.76 bits per heavy atom. The molecule has 3 nitrogen and oxygen atoms in total.